The summed E-state index contributed by atoms with van der Waals surface area (Å²) in [5.74, 6) is 2.23. The molecule has 1 saturated heterocycles. The summed E-state index contributed by atoms with van der Waals surface area (Å²) in [5, 5.41) is 0. The molecule has 0 unspecified atom stereocenters. The van der Waals surface area contributed by atoms with Gasteiger partial charge in [-0.1, -0.05) is 55.5 Å². The summed E-state index contributed by atoms with van der Waals surface area (Å²) in [4.78, 5) is 20.1. The van der Waals surface area contributed by atoms with Crippen LogP contribution in [0.3, 0.4) is 0 Å². The van der Waals surface area contributed by atoms with Crippen LogP contribution >= 0.6 is 0 Å². The van der Waals surface area contributed by atoms with Gasteiger partial charge < -0.3 is 14.2 Å². The van der Waals surface area contributed by atoms with E-state index in [1.165, 1.54) is 5.56 Å². The minimum absolute atomic E-state index is 0.0688. The molecular weight excluding hydrogens is 434 g/mol. The highest BCUT2D eigenvalue weighted by atomic mass is 16.5. The second-order valence-corrected chi connectivity index (χ2v) is 9.42. The fourth-order valence-corrected chi connectivity index (χ4v) is 5.25. The zero-order chi connectivity index (χ0) is 24.4. The number of ether oxygens (including phenoxy) is 1. The Morgan fingerprint density at radius 1 is 0.971 bits per heavy atom. The van der Waals surface area contributed by atoms with Gasteiger partial charge in [0.2, 0.25) is 5.91 Å². The maximum Gasteiger partial charge on any atom is 0.227 e. The standard InChI is InChI=1S/C30H33N3O2/c1-4-23-13-5-7-15-26(23)33-20-24(19-28(33)34)30-31-25-14-6-8-16-27(25)32(30)17-10-18-35-29-21(2)11-9-12-22(29)3/h5-9,11-16,24H,4,10,17-20H2,1-3H3/t24-/m1/s1. The number of hydrogen-bond acceptors (Lipinski definition) is 3. The molecule has 1 fully saturated rings. The van der Waals surface area contributed by atoms with Crippen LogP contribution in [0.4, 0.5) is 5.69 Å². The van der Waals surface area contributed by atoms with E-state index in [1.54, 1.807) is 0 Å². The van der Waals surface area contributed by atoms with Crippen molar-refractivity contribution in [2.24, 2.45) is 0 Å². The average Bonchev–Trinajstić information content (AvgIpc) is 3.43. The zero-order valence-electron chi connectivity index (χ0n) is 20.8. The Balaban J connectivity index is 1.37. The summed E-state index contributed by atoms with van der Waals surface area (Å²) < 4.78 is 8.47. The molecule has 35 heavy (non-hydrogen) atoms. The molecule has 5 heteroatoms. The molecule has 0 bridgehead atoms. The third kappa shape index (κ3) is 4.55. The van der Waals surface area contributed by atoms with E-state index in [1.807, 2.05) is 23.1 Å². The number of imidazole rings is 1. The van der Waals surface area contributed by atoms with Gasteiger partial charge in [0.1, 0.15) is 11.6 Å². The van der Waals surface area contributed by atoms with E-state index < -0.39 is 0 Å². The number of anilines is 1. The molecule has 4 aromatic rings. The zero-order valence-corrected chi connectivity index (χ0v) is 20.8. The molecule has 1 amide bonds. The molecule has 5 rings (SSSR count). The van der Waals surface area contributed by atoms with Crippen molar-refractivity contribution in [3.63, 3.8) is 0 Å². The second-order valence-electron chi connectivity index (χ2n) is 9.42. The molecule has 5 nitrogen and oxygen atoms in total. The molecule has 1 aliphatic heterocycles. The Hall–Kier alpha value is -3.60. The first-order chi connectivity index (χ1) is 17.1. The first-order valence-corrected chi connectivity index (χ1v) is 12.6. The molecular formula is C30H33N3O2. The van der Waals surface area contributed by atoms with Gasteiger partial charge in [0.25, 0.3) is 0 Å². The molecule has 3 aromatic carbocycles. The second kappa shape index (κ2) is 9.95. The van der Waals surface area contributed by atoms with Crippen molar-refractivity contribution in [1.82, 2.24) is 9.55 Å². The normalized spacial score (nSPS) is 15.8. The SMILES string of the molecule is CCc1ccccc1N1C[C@H](c2nc3ccccc3n2CCCOc2c(C)cccc2C)CC1=O. The van der Waals surface area contributed by atoms with Crippen molar-refractivity contribution in [2.45, 2.75) is 52.5 Å². The topological polar surface area (TPSA) is 47.4 Å². The van der Waals surface area contributed by atoms with Gasteiger partial charge in [-0.15, -0.1) is 0 Å². The summed E-state index contributed by atoms with van der Waals surface area (Å²) in [6.45, 7) is 8.41. The summed E-state index contributed by atoms with van der Waals surface area (Å²) in [6, 6.07) is 22.7. The van der Waals surface area contributed by atoms with Crippen LogP contribution in [-0.2, 0) is 17.8 Å². The van der Waals surface area contributed by atoms with Crippen LogP contribution in [0.25, 0.3) is 11.0 Å². The highest BCUT2D eigenvalue weighted by Crippen LogP contribution is 2.35. The third-order valence-electron chi connectivity index (χ3n) is 7.02. The minimum atomic E-state index is 0.0688. The van der Waals surface area contributed by atoms with Crippen molar-refractivity contribution in [3.8, 4) is 5.75 Å². The molecule has 2 heterocycles. The van der Waals surface area contributed by atoms with Crippen LogP contribution in [0.15, 0.2) is 66.7 Å². The monoisotopic (exact) mass is 467 g/mol. The van der Waals surface area contributed by atoms with Crippen molar-refractivity contribution < 1.29 is 9.53 Å². The number of benzene rings is 3. The Bertz CT molecular complexity index is 1340. The van der Waals surface area contributed by atoms with Gasteiger partial charge in [0, 0.05) is 31.1 Å². The smallest absolute Gasteiger partial charge is 0.227 e. The number of nitrogens with zero attached hydrogens (tertiary/aromatic N) is 3. The lowest BCUT2D eigenvalue weighted by atomic mass is 10.1. The molecule has 1 aliphatic rings. The highest BCUT2D eigenvalue weighted by Gasteiger charge is 2.35. The van der Waals surface area contributed by atoms with Crippen LogP contribution in [0, 0.1) is 13.8 Å². The van der Waals surface area contributed by atoms with Gasteiger partial charge in [-0.3, -0.25) is 4.79 Å². The van der Waals surface area contributed by atoms with Gasteiger partial charge in [-0.2, -0.15) is 0 Å². The lowest BCUT2D eigenvalue weighted by Gasteiger charge is -2.20. The number of carbonyl (C=O) groups excluding carboxylic acids is 1. The molecule has 0 spiro atoms. The molecule has 0 N–H and O–H groups in total. The van der Waals surface area contributed by atoms with Crippen molar-refractivity contribution >= 4 is 22.6 Å². The van der Waals surface area contributed by atoms with Gasteiger partial charge in [-0.05, 0) is 61.6 Å². The van der Waals surface area contributed by atoms with Crippen molar-refractivity contribution in [3.05, 3.63) is 89.2 Å². The van der Waals surface area contributed by atoms with Crippen molar-refractivity contribution in [2.75, 3.05) is 18.1 Å². The fourth-order valence-electron chi connectivity index (χ4n) is 5.25. The van der Waals surface area contributed by atoms with Crippen LogP contribution in [0.5, 0.6) is 5.75 Å². The van der Waals surface area contributed by atoms with Gasteiger partial charge in [0.05, 0.1) is 17.6 Å². The summed E-state index contributed by atoms with van der Waals surface area (Å²) in [6.07, 6.45) is 2.26. The Morgan fingerprint density at radius 2 is 1.71 bits per heavy atom. The summed E-state index contributed by atoms with van der Waals surface area (Å²) >= 11 is 0. The van der Waals surface area contributed by atoms with E-state index in [2.05, 4.69) is 73.9 Å². The highest BCUT2D eigenvalue weighted by molar-refractivity contribution is 5.97. The van der Waals surface area contributed by atoms with E-state index in [-0.39, 0.29) is 11.8 Å². The maximum atomic E-state index is 13.1. The number of amides is 1. The molecule has 0 aliphatic carbocycles. The van der Waals surface area contributed by atoms with Gasteiger partial charge >= 0.3 is 0 Å². The number of fused-ring (bicyclic) bond motifs is 1. The predicted molar refractivity (Wildman–Crippen MR) is 141 cm³/mol. The largest absolute Gasteiger partial charge is 0.493 e. The number of para-hydroxylation sites is 4. The predicted octanol–water partition coefficient (Wildman–Crippen LogP) is 6.21. The number of carbonyl (C=O) groups is 1. The number of aromatic nitrogens is 2. The third-order valence-corrected chi connectivity index (χ3v) is 7.02. The Kier molecular flexibility index (Phi) is 6.58. The van der Waals surface area contributed by atoms with Crippen LogP contribution in [0.1, 0.15) is 48.2 Å². The first kappa shape index (κ1) is 23.2. The van der Waals surface area contributed by atoms with Crippen LogP contribution < -0.4 is 9.64 Å². The molecule has 1 atom stereocenters. The number of hydrogen-bond donors (Lipinski definition) is 0. The molecule has 1 aromatic heterocycles. The number of rotatable bonds is 8. The molecule has 0 saturated carbocycles. The minimum Gasteiger partial charge on any atom is -0.493 e. The Morgan fingerprint density at radius 3 is 2.51 bits per heavy atom. The lowest BCUT2D eigenvalue weighted by Crippen LogP contribution is -2.25. The molecule has 180 valence electrons. The van der Waals surface area contributed by atoms with E-state index in [0.717, 1.165) is 58.8 Å². The van der Waals surface area contributed by atoms with E-state index in [0.29, 0.717) is 19.6 Å². The molecule has 0 radical (unpaired) electrons. The van der Waals surface area contributed by atoms with Crippen molar-refractivity contribution in [1.29, 1.82) is 0 Å². The van der Waals surface area contributed by atoms with Gasteiger partial charge in [0.15, 0.2) is 0 Å². The summed E-state index contributed by atoms with van der Waals surface area (Å²) in [5.41, 5.74) is 6.67. The summed E-state index contributed by atoms with van der Waals surface area (Å²) in [7, 11) is 0. The lowest BCUT2D eigenvalue weighted by molar-refractivity contribution is -0.117. The van der Waals surface area contributed by atoms with E-state index in [4.69, 9.17) is 9.72 Å². The van der Waals surface area contributed by atoms with Gasteiger partial charge in [-0.25, -0.2) is 4.98 Å². The maximum absolute atomic E-state index is 13.1. The van der Waals surface area contributed by atoms with Crippen LogP contribution in [0.2, 0.25) is 0 Å². The average molecular weight is 468 g/mol. The quantitative estimate of drug-likeness (QED) is 0.290. The Labute approximate surface area is 207 Å². The number of aryl methyl sites for hydroxylation is 4. The fraction of sp³-hybridized carbons (Fsp3) is 0.333. The van der Waals surface area contributed by atoms with E-state index in [9.17, 15) is 4.79 Å². The first-order valence-electron chi connectivity index (χ1n) is 12.6. The van der Waals surface area contributed by atoms with Crippen LogP contribution in [-0.4, -0.2) is 28.6 Å². The van der Waals surface area contributed by atoms with E-state index >= 15 is 0 Å².